The van der Waals surface area contributed by atoms with Crippen LogP contribution in [0.3, 0.4) is 0 Å². The molecule has 106 valence electrons. The Kier molecular flexibility index (Phi) is 4.61. The van der Waals surface area contributed by atoms with Gasteiger partial charge in [0.1, 0.15) is 0 Å². The molecule has 1 aromatic rings. The molecule has 0 atom stereocenters. The van der Waals surface area contributed by atoms with Gasteiger partial charge in [0.25, 0.3) is 5.91 Å². The number of hydrogen-bond donors (Lipinski definition) is 1. The van der Waals surface area contributed by atoms with Crippen LogP contribution in [0.4, 0.5) is 0 Å². The number of primary amides is 1. The highest BCUT2D eigenvalue weighted by Gasteiger charge is 2.19. The Balaban J connectivity index is 1.96. The van der Waals surface area contributed by atoms with Gasteiger partial charge in [-0.1, -0.05) is 36.4 Å². The molecule has 0 aromatic heterocycles. The van der Waals surface area contributed by atoms with Gasteiger partial charge in [-0.15, -0.1) is 0 Å². The van der Waals surface area contributed by atoms with Gasteiger partial charge < -0.3 is 10.6 Å². The van der Waals surface area contributed by atoms with Crippen molar-refractivity contribution in [1.29, 1.82) is 0 Å². The lowest BCUT2D eigenvalue weighted by Gasteiger charge is -2.30. The number of nitrogens with zero attached hydrogens (tertiary/aromatic N) is 1. The molecule has 0 saturated carbocycles. The molecule has 3 nitrogen and oxygen atoms in total. The smallest absolute Gasteiger partial charge is 0.250 e. The third-order valence-corrected chi connectivity index (χ3v) is 3.83. The topological polar surface area (TPSA) is 46.3 Å². The van der Waals surface area contributed by atoms with E-state index in [4.69, 9.17) is 5.73 Å². The number of carbonyl (C=O) groups excluding carboxylic acids is 1. The second-order valence-corrected chi connectivity index (χ2v) is 5.25. The Hall–Kier alpha value is -2.03. The molecule has 1 heterocycles. The Bertz CT molecular complexity index is 543. The van der Waals surface area contributed by atoms with Gasteiger partial charge >= 0.3 is 0 Å². The summed E-state index contributed by atoms with van der Waals surface area (Å²) in [5.41, 5.74) is 9.50. The molecule has 0 aliphatic carbocycles. The maximum absolute atomic E-state index is 11.5. The molecule has 0 radical (unpaired) electrons. The van der Waals surface area contributed by atoms with Crippen LogP contribution in [0.25, 0.3) is 0 Å². The number of benzene rings is 1. The van der Waals surface area contributed by atoms with E-state index in [2.05, 4.69) is 35.2 Å². The SMILES string of the molecule is CC1=CCN(CCCc2ccccc2)C(C)=C1C(N)=O. The summed E-state index contributed by atoms with van der Waals surface area (Å²) in [6.45, 7) is 5.74. The molecule has 1 aliphatic heterocycles. The molecule has 0 saturated heterocycles. The first-order valence-corrected chi connectivity index (χ1v) is 7.06. The summed E-state index contributed by atoms with van der Waals surface area (Å²) in [6.07, 6.45) is 4.20. The van der Waals surface area contributed by atoms with E-state index in [9.17, 15) is 4.79 Å². The summed E-state index contributed by atoms with van der Waals surface area (Å²) in [5.74, 6) is -0.330. The van der Waals surface area contributed by atoms with Crippen LogP contribution in [0.5, 0.6) is 0 Å². The minimum absolute atomic E-state index is 0.330. The van der Waals surface area contributed by atoms with Crippen molar-refractivity contribution in [2.24, 2.45) is 5.73 Å². The second kappa shape index (κ2) is 6.42. The number of allylic oxidation sites excluding steroid dienone is 1. The molecule has 2 rings (SSSR count). The number of aryl methyl sites for hydroxylation is 1. The standard InChI is InChI=1S/C17H22N2O/c1-13-10-12-19(14(2)16(13)17(18)20)11-6-9-15-7-4-3-5-8-15/h3-5,7-8,10H,6,9,11-12H2,1-2H3,(H2,18,20). The second-order valence-electron chi connectivity index (χ2n) is 5.25. The monoisotopic (exact) mass is 270 g/mol. The highest BCUT2D eigenvalue weighted by atomic mass is 16.1. The van der Waals surface area contributed by atoms with Crippen molar-refractivity contribution >= 4 is 5.91 Å². The fourth-order valence-corrected chi connectivity index (χ4v) is 2.68. The van der Waals surface area contributed by atoms with E-state index in [0.717, 1.165) is 37.2 Å². The molecule has 2 N–H and O–H groups in total. The Morgan fingerprint density at radius 1 is 1.25 bits per heavy atom. The normalized spacial score (nSPS) is 15.3. The summed E-state index contributed by atoms with van der Waals surface area (Å²) in [4.78, 5) is 13.7. The summed E-state index contributed by atoms with van der Waals surface area (Å²) in [6, 6.07) is 10.5. The van der Waals surface area contributed by atoms with Gasteiger partial charge in [-0.3, -0.25) is 4.79 Å². The van der Waals surface area contributed by atoms with E-state index in [-0.39, 0.29) is 5.91 Å². The molecule has 0 bridgehead atoms. The van der Waals surface area contributed by atoms with Gasteiger partial charge in [-0.05, 0) is 37.8 Å². The number of amides is 1. The first-order chi connectivity index (χ1) is 9.59. The minimum atomic E-state index is -0.330. The van der Waals surface area contributed by atoms with Crippen molar-refractivity contribution in [3.63, 3.8) is 0 Å². The average Bonchev–Trinajstić information content (AvgIpc) is 2.42. The number of hydrogen-bond acceptors (Lipinski definition) is 2. The zero-order valence-corrected chi connectivity index (χ0v) is 12.2. The molecule has 1 aromatic carbocycles. The lowest BCUT2D eigenvalue weighted by atomic mass is 10.00. The zero-order chi connectivity index (χ0) is 14.5. The zero-order valence-electron chi connectivity index (χ0n) is 12.2. The average molecular weight is 270 g/mol. The van der Waals surface area contributed by atoms with E-state index >= 15 is 0 Å². The van der Waals surface area contributed by atoms with Crippen molar-refractivity contribution < 1.29 is 4.79 Å². The maximum Gasteiger partial charge on any atom is 0.250 e. The molecule has 1 amide bonds. The van der Waals surface area contributed by atoms with E-state index < -0.39 is 0 Å². The molecular formula is C17H22N2O. The predicted octanol–water partition coefficient (Wildman–Crippen LogP) is 2.64. The lowest BCUT2D eigenvalue weighted by molar-refractivity contribution is -0.114. The van der Waals surface area contributed by atoms with Crippen LogP contribution in [-0.2, 0) is 11.2 Å². The van der Waals surface area contributed by atoms with Crippen LogP contribution in [0.15, 0.2) is 53.3 Å². The van der Waals surface area contributed by atoms with Gasteiger partial charge in [-0.2, -0.15) is 0 Å². The van der Waals surface area contributed by atoms with Crippen molar-refractivity contribution in [3.05, 3.63) is 58.8 Å². The van der Waals surface area contributed by atoms with Gasteiger partial charge in [0, 0.05) is 18.8 Å². The summed E-state index contributed by atoms with van der Waals surface area (Å²) in [5, 5.41) is 0. The first-order valence-electron chi connectivity index (χ1n) is 7.06. The molecule has 0 fully saturated rings. The fraction of sp³-hybridized carbons (Fsp3) is 0.353. The van der Waals surface area contributed by atoms with E-state index in [1.54, 1.807) is 0 Å². The maximum atomic E-state index is 11.5. The van der Waals surface area contributed by atoms with Gasteiger partial charge in [0.15, 0.2) is 0 Å². The Morgan fingerprint density at radius 3 is 2.60 bits per heavy atom. The van der Waals surface area contributed by atoms with E-state index in [1.165, 1.54) is 5.56 Å². The van der Waals surface area contributed by atoms with Crippen LogP contribution >= 0.6 is 0 Å². The first kappa shape index (κ1) is 14.4. The summed E-state index contributed by atoms with van der Waals surface area (Å²) in [7, 11) is 0. The molecular weight excluding hydrogens is 248 g/mol. The van der Waals surface area contributed by atoms with Crippen LogP contribution in [0.1, 0.15) is 25.8 Å². The number of carbonyl (C=O) groups is 1. The van der Waals surface area contributed by atoms with Crippen LogP contribution in [0, 0.1) is 0 Å². The highest BCUT2D eigenvalue weighted by molar-refractivity contribution is 5.97. The Labute approximate surface area is 120 Å². The summed E-state index contributed by atoms with van der Waals surface area (Å²) >= 11 is 0. The molecule has 0 spiro atoms. The molecule has 0 unspecified atom stereocenters. The third-order valence-electron chi connectivity index (χ3n) is 3.83. The van der Waals surface area contributed by atoms with Gasteiger partial charge in [0.2, 0.25) is 0 Å². The van der Waals surface area contributed by atoms with Gasteiger partial charge in [-0.25, -0.2) is 0 Å². The van der Waals surface area contributed by atoms with E-state index in [0.29, 0.717) is 5.57 Å². The predicted molar refractivity (Wildman–Crippen MR) is 82.0 cm³/mol. The number of nitrogens with two attached hydrogens (primary N) is 1. The van der Waals surface area contributed by atoms with Crippen LogP contribution < -0.4 is 5.73 Å². The quantitative estimate of drug-likeness (QED) is 0.894. The van der Waals surface area contributed by atoms with Crippen LogP contribution in [-0.4, -0.2) is 23.9 Å². The fourth-order valence-electron chi connectivity index (χ4n) is 2.68. The van der Waals surface area contributed by atoms with Crippen molar-refractivity contribution in [3.8, 4) is 0 Å². The van der Waals surface area contributed by atoms with E-state index in [1.807, 2.05) is 19.9 Å². The van der Waals surface area contributed by atoms with Crippen LogP contribution in [0.2, 0.25) is 0 Å². The third kappa shape index (κ3) is 3.29. The largest absolute Gasteiger partial charge is 0.371 e. The molecule has 1 aliphatic rings. The molecule has 3 heteroatoms. The Morgan fingerprint density at radius 2 is 1.95 bits per heavy atom. The molecule has 20 heavy (non-hydrogen) atoms. The highest BCUT2D eigenvalue weighted by Crippen LogP contribution is 2.22. The van der Waals surface area contributed by atoms with Crippen molar-refractivity contribution in [2.75, 3.05) is 13.1 Å². The van der Waals surface area contributed by atoms with Crippen molar-refractivity contribution in [1.82, 2.24) is 4.90 Å². The minimum Gasteiger partial charge on any atom is -0.371 e. The number of rotatable bonds is 5. The lowest BCUT2D eigenvalue weighted by Crippen LogP contribution is -2.31. The summed E-state index contributed by atoms with van der Waals surface area (Å²) < 4.78 is 0. The van der Waals surface area contributed by atoms with Gasteiger partial charge in [0.05, 0.1) is 5.57 Å². The van der Waals surface area contributed by atoms with Crippen molar-refractivity contribution in [2.45, 2.75) is 26.7 Å².